The molecule has 1 heterocycles. The van der Waals surface area contributed by atoms with Gasteiger partial charge in [0.25, 0.3) is 0 Å². The van der Waals surface area contributed by atoms with Gasteiger partial charge < -0.3 is 14.2 Å². The summed E-state index contributed by atoms with van der Waals surface area (Å²) in [7, 11) is -0.112. The van der Waals surface area contributed by atoms with Crippen molar-refractivity contribution in [3.8, 4) is 16.4 Å². The molecule has 0 aliphatic heterocycles. The fourth-order valence-corrected chi connectivity index (χ4v) is 6.57. The first-order chi connectivity index (χ1) is 17.9. The summed E-state index contributed by atoms with van der Waals surface area (Å²) in [5, 5.41) is 2.66. The summed E-state index contributed by atoms with van der Waals surface area (Å²) in [6.07, 6.45) is 0.720. The lowest BCUT2D eigenvalue weighted by atomic mass is 10.1. The Labute approximate surface area is 220 Å². The van der Waals surface area contributed by atoms with E-state index in [9.17, 15) is 4.79 Å². The van der Waals surface area contributed by atoms with Gasteiger partial charge in [0.15, 0.2) is 14.3 Å². The van der Waals surface area contributed by atoms with E-state index in [1.807, 2.05) is 57.2 Å². The maximum Gasteiger partial charge on any atom is 0.508 e. The summed E-state index contributed by atoms with van der Waals surface area (Å²) in [4.78, 5) is 13.1. The molecule has 5 rings (SSSR count). The van der Waals surface area contributed by atoms with Crippen LogP contribution in [0.15, 0.2) is 97.1 Å². The molecular formula is C32H31O4S+. The Hall–Kier alpha value is -3.83. The molecule has 0 aliphatic rings. The average Bonchev–Trinajstić information content (AvgIpc) is 3.24. The van der Waals surface area contributed by atoms with Gasteiger partial charge in [-0.15, -0.1) is 0 Å². The van der Waals surface area contributed by atoms with Crippen LogP contribution < -0.4 is 4.74 Å². The van der Waals surface area contributed by atoms with Crippen LogP contribution in [0.25, 0.3) is 25.1 Å². The lowest BCUT2D eigenvalue weighted by Crippen LogP contribution is -2.27. The van der Waals surface area contributed by atoms with Crippen molar-refractivity contribution in [2.24, 2.45) is 0 Å². The fraction of sp³-hybridized carbons (Fsp3) is 0.219. The summed E-state index contributed by atoms with van der Waals surface area (Å²) in [5.74, 6) is 1.56. The number of rotatable bonds is 8. The Kier molecular flexibility index (Phi) is 7.15. The quantitative estimate of drug-likeness (QED) is 0.154. The van der Waals surface area contributed by atoms with Gasteiger partial charge in [0.1, 0.15) is 17.1 Å². The smallest absolute Gasteiger partial charge is 0.457 e. The lowest BCUT2D eigenvalue weighted by molar-refractivity contribution is -0.0176. The Morgan fingerprint density at radius 2 is 1.30 bits per heavy atom. The van der Waals surface area contributed by atoms with E-state index >= 15 is 0 Å². The number of hydrogen-bond acceptors (Lipinski definition) is 4. The Morgan fingerprint density at radius 3 is 1.86 bits per heavy atom. The van der Waals surface area contributed by atoms with Gasteiger partial charge in [0.2, 0.25) is 0 Å². The van der Waals surface area contributed by atoms with Gasteiger partial charge in [-0.1, -0.05) is 43.3 Å². The standard InChI is InChI=1S/C32H31O4S/c1-4-32(2,3)36-31(33)34-22-21-23-13-15-24(16-14-23)35-25-17-19-26(20-18-25)37-29-11-7-5-9-27(29)28-10-6-8-12-30(28)37/h5-20H,4,21-22H2,1-3H3/q+1. The highest BCUT2D eigenvalue weighted by molar-refractivity contribution is 7.50. The van der Waals surface area contributed by atoms with Crippen LogP contribution >= 0.6 is 10.5 Å². The summed E-state index contributed by atoms with van der Waals surface area (Å²) >= 11 is 0. The van der Waals surface area contributed by atoms with Gasteiger partial charge in [0, 0.05) is 39.8 Å². The summed E-state index contributed by atoms with van der Waals surface area (Å²) < 4.78 is 19.4. The maximum atomic E-state index is 11.8. The molecule has 0 bridgehead atoms. The SMILES string of the molecule is CCC(C)(C)OC(=O)OCCc1ccc(Oc2ccc(-[s+]3c4ccccc4c4ccccc43)cc2)cc1. The number of hydrogen-bond donors (Lipinski definition) is 0. The second kappa shape index (κ2) is 10.7. The third-order valence-electron chi connectivity index (χ3n) is 6.54. The largest absolute Gasteiger partial charge is 0.508 e. The Morgan fingerprint density at radius 1 is 0.757 bits per heavy atom. The molecule has 188 valence electrons. The molecule has 0 saturated heterocycles. The molecule has 5 heteroatoms. The van der Waals surface area contributed by atoms with Crippen molar-refractivity contribution in [1.82, 2.24) is 0 Å². The topological polar surface area (TPSA) is 44.8 Å². The van der Waals surface area contributed by atoms with Gasteiger partial charge in [-0.25, -0.2) is 4.79 Å². The number of fused-ring (bicyclic) bond motifs is 3. The lowest BCUT2D eigenvalue weighted by Gasteiger charge is -2.22. The molecule has 37 heavy (non-hydrogen) atoms. The minimum atomic E-state index is -0.625. The molecule has 5 aromatic rings. The Balaban J connectivity index is 1.23. The van der Waals surface area contributed by atoms with Crippen LogP contribution in [0.4, 0.5) is 4.79 Å². The minimum absolute atomic E-state index is 0.112. The van der Waals surface area contributed by atoms with Gasteiger partial charge >= 0.3 is 6.16 Å². The molecule has 0 aliphatic carbocycles. The van der Waals surface area contributed by atoms with Gasteiger partial charge in [-0.2, -0.15) is 0 Å². The van der Waals surface area contributed by atoms with E-state index in [1.165, 1.54) is 25.1 Å². The first kappa shape index (κ1) is 24.8. The fourth-order valence-electron chi connectivity index (χ4n) is 4.19. The van der Waals surface area contributed by atoms with E-state index in [1.54, 1.807) is 0 Å². The van der Waals surface area contributed by atoms with Gasteiger partial charge in [-0.3, -0.25) is 0 Å². The van der Waals surface area contributed by atoms with Crippen LogP contribution in [-0.2, 0) is 15.9 Å². The molecular weight excluding hydrogens is 480 g/mol. The van der Waals surface area contributed by atoms with Crippen molar-refractivity contribution >= 4 is 36.8 Å². The van der Waals surface area contributed by atoms with Crippen LogP contribution in [0.2, 0.25) is 0 Å². The highest BCUT2D eigenvalue weighted by atomic mass is 32.2. The maximum absolute atomic E-state index is 11.8. The number of carbonyl (C=O) groups is 1. The highest BCUT2D eigenvalue weighted by Gasteiger charge is 2.23. The molecule has 0 unspecified atom stereocenters. The van der Waals surface area contributed by atoms with E-state index in [2.05, 4.69) is 60.7 Å². The van der Waals surface area contributed by atoms with Crippen molar-refractivity contribution in [3.63, 3.8) is 0 Å². The average molecular weight is 512 g/mol. The van der Waals surface area contributed by atoms with E-state index < -0.39 is 11.8 Å². The van der Waals surface area contributed by atoms with Crippen molar-refractivity contribution in [2.45, 2.75) is 39.2 Å². The zero-order chi connectivity index (χ0) is 25.8. The molecule has 0 radical (unpaired) electrons. The zero-order valence-corrected chi connectivity index (χ0v) is 22.2. The predicted molar refractivity (Wildman–Crippen MR) is 152 cm³/mol. The summed E-state index contributed by atoms with van der Waals surface area (Å²) in [6, 6.07) is 33.6. The second-order valence-electron chi connectivity index (χ2n) is 9.58. The van der Waals surface area contributed by atoms with Crippen molar-refractivity contribution < 1.29 is 19.0 Å². The first-order valence-corrected chi connectivity index (χ1v) is 13.8. The van der Waals surface area contributed by atoms with Crippen LogP contribution in [0.3, 0.4) is 0 Å². The normalized spacial score (nSPS) is 11.5. The molecule has 4 nitrogen and oxygen atoms in total. The number of ether oxygens (including phenoxy) is 3. The monoisotopic (exact) mass is 511 g/mol. The van der Waals surface area contributed by atoms with Crippen LogP contribution in [0.1, 0.15) is 32.8 Å². The summed E-state index contributed by atoms with van der Waals surface area (Å²) in [5.41, 5.74) is 0.547. The third kappa shape index (κ3) is 5.62. The number of benzene rings is 4. The molecule has 4 aromatic carbocycles. The molecule has 0 atom stereocenters. The zero-order valence-electron chi connectivity index (χ0n) is 21.4. The highest BCUT2D eigenvalue weighted by Crippen LogP contribution is 2.48. The Bertz CT molecular complexity index is 1460. The van der Waals surface area contributed by atoms with E-state index in [0.29, 0.717) is 6.42 Å². The van der Waals surface area contributed by atoms with Gasteiger partial charge in [0.05, 0.1) is 6.61 Å². The van der Waals surface area contributed by atoms with E-state index in [4.69, 9.17) is 14.2 Å². The van der Waals surface area contributed by atoms with Crippen LogP contribution in [0.5, 0.6) is 11.5 Å². The molecule has 0 N–H and O–H groups in total. The number of thiophene rings is 1. The molecule has 1 aromatic heterocycles. The van der Waals surface area contributed by atoms with Crippen LogP contribution in [-0.4, -0.2) is 18.4 Å². The second-order valence-corrected chi connectivity index (χ2v) is 11.5. The van der Waals surface area contributed by atoms with Crippen molar-refractivity contribution in [1.29, 1.82) is 0 Å². The number of carbonyl (C=O) groups excluding carboxylic acids is 1. The molecule has 0 fully saturated rings. The van der Waals surface area contributed by atoms with Crippen molar-refractivity contribution in [3.05, 3.63) is 103 Å². The summed E-state index contributed by atoms with van der Waals surface area (Å²) in [6.45, 7) is 5.98. The van der Waals surface area contributed by atoms with Gasteiger partial charge in [-0.05, 0) is 74.4 Å². The third-order valence-corrected chi connectivity index (χ3v) is 8.88. The first-order valence-electron chi connectivity index (χ1n) is 12.6. The minimum Gasteiger partial charge on any atom is -0.457 e. The predicted octanol–water partition coefficient (Wildman–Crippen LogP) is 9.41. The molecule has 0 spiro atoms. The van der Waals surface area contributed by atoms with Crippen molar-refractivity contribution in [2.75, 3.05) is 6.61 Å². The van der Waals surface area contributed by atoms with Crippen LogP contribution in [0, 0.1) is 0 Å². The van der Waals surface area contributed by atoms with E-state index in [-0.39, 0.29) is 17.1 Å². The molecule has 0 amide bonds. The van der Waals surface area contributed by atoms with E-state index in [0.717, 1.165) is 23.5 Å². The molecule has 0 saturated carbocycles.